The molecule has 0 radical (unpaired) electrons. The van der Waals surface area contributed by atoms with Crippen LogP contribution in [0.5, 0.6) is 0 Å². The molecule has 112 valence electrons. The minimum Gasteiger partial charge on any atom is -0.451 e. The lowest BCUT2D eigenvalue weighted by atomic mass is 10.2. The van der Waals surface area contributed by atoms with Crippen molar-refractivity contribution < 1.29 is 19.1 Å². The maximum absolute atomic E-state index is 11.9. The summed E-state index contributed by atoms with van der Waals surface area (Å²) in [5, 5.41) is 5.18. The van der Waals surface area contributed by atoms with Crippen LogP contribution in [0.15, 0.2) is 24.3 Å². The number of carbonyl (C=O) groups excluding carboxylic acids is 3. The third-order valence-corrected chi connectivity index (χ3v) is 3.26. The molecule has 21 heavy (non-hydrogen) atoms. The van der Waals surface area contributed by atoms with Gasteiger partial charge >= 0.3 is 5.97 Å². The molecule has 1 saturated heterocycles. The Morgan fingerprint density at radius 3 is 2.57 bits per heavy atom. The number of hydrogen-bond acceptors (Lipinski definition) is 4. The summed E-state index contributed by atoms with van der Waals surface area (Å²) in [7, 11) is 0. The lowest BCUT2D eigenvalue weighted by molar-refractivity contribution is -0.155. The van der Waals surface area contributed by atoms with Gasteiger partial charge in [0.1, 0.15) is 6.04 Å². The van der Waals surface area contributed by atoms with Crippen molar-refractivity contribution in [2.45, 2.75) is 38.8 Å². The van der Waals surface area contributed by atoms with E-state index in [0.717, 1.165) is 5.56 Å². The van der Waals surface area contributed by atoms with E-state index in [2.05, 4.69) is 10.6 Å². The summed E-state index contributed by atoms with van der Waals surface area (Å²) >= 11 is 0. The Labute approximate surface area is 122 Å². The van der Waals surface area contributed by atoms with E-state index < -0.39 is 24.0 Å². The molecule has 0 spiro atoms. The first-order chi connectivity index (χ1) is 9.95. The molecule has 1 aromatic carbocycles. The fourth-order valence-corrected chi connectivity index (χ4v) is 1.98. The first kappa shape index (κ1) is 15.0. The zero-order valence-electron chi connectivity index (χ0n) is 12.0. The highest BCUT2D eigenvalue weighted by Gasteiger charge is 2.30. The van der Waals surface area contributed by atoms with Crippen LogP contribution in [-0.2, 0) is 19.1 Å². The molecule has 6 heteroatoms. The number of amides is 2. The summed E-state index contributed by atoms with van der Waals surface area (Å²) < 4.78 is 5.07. The molecular weight excluding hydrogens is 272 g/mol. The van der Waals surface area contributed by atoms with Gasteiger partial charge in [-0.2, -0.15) is 0 Å². The van der Waals surface area contributed by atoms with E-state index in [1.807, 2.05) is 19.1 Å². The summed E-state index contributed by atoms with van der Waals surface area (Å²) in [4.78, 5) is 34.8. The summed E-state index contributed by atoms with van der Waals surface area (Å²) in [6.45, 7) is 3.45. The summed E-state index contributed by atoms with van der Waals surface area (Å²) in [6, 6.07) is 6.66. The number of nitrogens with one attached hydrogen (secondary N) is 2. The smallest absolute Gasteiger partial charge is 0.329 e. The summed E-state index contributed by atoms with van der Waals surface area (Å²) in [6.07, 6.45) is -0.204. The molecule has 6 nitrogen and oxygen atoms in total. The highest BCUT2D eigenvalue weighted by Crippen LogP contribution is 2.12. The van der Waals surface area contributed by atoms with Crippen molar-refractivity contribution in [1.82, 2.24) is 5.32 Å². The fraction of sp³-hybridized carbons (Fsp3) is 0.400. The molecular formula is C15H18N2O4. The van der Waals surface area contributed by atoms with Crippen LogP contribution in [0.3, 0.4) is 0 Å². The largest absolute Gasteiger partial charge is 0.451 e. The van der Waals surface area contributed by atoms with E-state index in [1.54, 1.807) is 12.1 Å². The lowest BCUT2D eigenvalue weighted by Gasteiger charge is -2.16. The lowest BCUT2D eigenvalue weighted by Crippen LogP contribution is -2.39. The molecule has 1 aliphatic heterocycles. The number of aryl methyl sites for hydroxylation is 1. The number of anilines is 1. The molecule has 1 fully saturated rings. The van der Waals surface area contributed by atoms with Gasteiger partial charge in [0, 0.05) is 12.1 Å². The van der Waals surface area contributed by atoms with E-state index in [1.165, 1.54) is 6.92 Å². The SMILES string of the molecule is Cc1ccc(NC(=O)[C@@H](C)OC(=O)[C@H]2CCC(=O)N2)cc1. The zero-order valence-corrected chi connectivity index (χ0v) is 12.0. The number of benzene rings is 1. The molecule has 2 rings (SSSR count). The molecule has 0 saturated carbocycles. The van der Waals surface area contributed by atoms with Gasteiger partial charge in [-0.3, -0.25) is 9.59 Å². The van der Waals surface area contributed by atoms with Crippen molar-refractivity contribution in [3.63, 3.8) is 0 Å². The third-order valence-electron chi connectivity index (χ3n) is 3.26. The summed E-state index contributed by atoms with van der Waals surface area (Å²) in [5.74, 6) is -1.15. The Hall–Kier alpha value is -2.37. The second kappa shape index (κ2) is 6.39. The van der Waals surface area contributed by atoms with Gasteiger partial charge in [0.25, 0.3) is 5.91 Å². The average Bonchev–Trinajstić information content (AvgIpc) is 2.88. The predicted octanol–water partition coefficient (Wildman–Crippen LogP) is 1.14. The van der Waals surface area contributed by atoms with Crippen LogP contribution in [0.4, 0.5) is 5.69 Å². The molecule has 1 heterocycles. The van der Waals surface area contributed by atoms with Gasteiger partial charge in [-0.15, -0.1) is 0 Å². The maximum atomic E-state index is 11.9. The van der Waals surface area contributed by atoms with Crippen molar-refractivity contribution in [2.75, 3.05) is 5.32 Å². The van der Waals surface area contributed by atoms with Gasteiger partial charge in [-0.1, -0.05) is 17.7 Å². The number of rotatable bonds is 4. The van der Waals surface area contributed by atoms with Crippen molar-refractivity contribution >= 4 is 23.5 Å². The van der Waals surface area contributed by atoms with Crippen molar-refractivity contribution in [3.05, 3.63) is 29.8 Å². The van der Waals surface area contributed by atoms with E-state index >= 15 is 0 Å². The zero-order chi connectivity index (χ0) is 15.4. The van der Waals surface area contributed by atoms with Gasteiger partial charge in [0.15, 0.2) is 6.10 Å². The molecule has 2 atom stereocenters. The first-order valence-corrected chi connectivity index (χ1v) is 6.83. The van der Waals surface area contributed by atoms with Crippen LogP contribution in [0.2, 0.25) is 0 Å². The van der Waals surface area contributed by atoms with Crippen molar-refractivity contribution in [1.29, 1.82) is 0 Å². The molecule has 0 aromatic heterocycles. The number of carbonyl (C=O) groups is 3. The third kappa shape index (κ3) is 4.05. The fourth-order valence-electron chi connectivity index (χ4n) is 1.98. The molecule has 2 amide bonds. The Kier molecular flexibility index (Phi) is 4.57. The van der Waals surface area contributed by atoms with E-state index in [4.69, 9.17) is 4.74 Å². The quantitative estimate of drug-likeness (QED) is 0.815. The van der Waals surface area contributed by atoms with E-state index in [0.29, 0.717) is 18.5 Å². The van der Waals surface area contributed by atoms with Gasteiger partial charge in [0.05, 0.1) is 0 Å². The topological polar surface area (TPSA) is 84.5 Å². The average molecular weight is 290 g/mol. The van der Waals surface area contributed by atoms with Crippen LogP contribution >= 0.6 is 0 Å². The molecule has 1 aromatic rings. The van der Waals surface area contributed by atoms with Crippen LogP contribution in [0, 0.1) is 6.92 Å². The van der Waals surface area contributed by atoms with Crippen LogP contribution < -0.4 is 10.6 Å². The normalized spacial score (nSPS) is 18.8. The molecule has 0 bridgehead atoms. The van der Waals surface area contributed by atoms with Crippen LogP contribution in [-0.4, -0.2) is 29.9 Å². The van der Waals surface area contributed by atoms with E-state index in [9.17, 15) is 14.4 Å². The van der Waals surface area contributed by atoms with Crippen molar-refractivity contribution in [3.8, 4) is 0 Å². The number of esters is 1. The minimum absolute atomic E-state index is 0.172. The van der Waals surface area contributed by atoms with E-state index in [-0.39, 0.29) is 5.91 Å². The van der Waals surface area contributed by atoms with Gasteiger partial charge < -0.3 is 15.4 Å². The van der Waals surface area contributed by atoms with Gasteiger partial charge in [-0.25, -0.2) is 4.79 Å². The monoisotopic (exact) mass is 290 g/mol. The second-order valence-electron chi connectivity index (χ2n) is 5.09. The predicted molar refractivity (Wildman–Crippen MR) is 76.5 cm³/mol. The Balaban J connectivity index is 1.86. The number of hydrogen-bond donors (Lipinski definition) is 2. The standard InChI is InChI=1S/C15H18N2O4/c1-9-3-5-11(6-4-9)16-14(19)10(2)21-15(20)12-7-8-13(18)17-12/h3-6,10,12H,7-8H2,1-2H3,(H,16,19)(H,17,18)/t10-,12-/m1/s1. The van der Waals surface area contributed by atoms with Crippen molar-refractivity contribution in [2.24, 2.45) is 0 Å². The first-order valence-electron chi connectivity index (χ1n) is 6.83. The van der Waals surface area contributed by atoms with Gasteiger partial charge in [-0.05, 0) is 32.4 Å². The maximum Gasteiger partial charge on any atom is 0.329 e. The van der Waals surface area contributed by atoms with Crippen LogP contribution in [0.1, 0.15) is 25.3 Å². The minimum atomic E-state index is -0.920. The molecule has 0 aliphatic carbocycles. The Morgan fingerprint density at radius 2 is 2.00 bits per heavy atom. The Bertz CT molecular complexity index is 553. The Morgan fingerprint density at radius 1 is 1.33 bits per heavy atom. The molecule has 2 N–H and O–H groups in total. The highest BCUT2D eigenvalue weighted by molar-refractivity contribution is 5.96. The van der Waals surface area contributed by atoms with Gasteiger partial charge in [0.2, 0.25) is 5.91 Å². The number of ether oxygens (including phenoxy) is 1. The van der Waals surface area contributed by atoms with Crippen LogP contribution in [0.25, 0.3) is 0 Å². The summed E-state index contributed by atoms with van der Waals surface area (Å²) in [5.41, 5.74) is 1.73. The highest BCUT2D eigenvalue weighted by atomic mass is 16.5. The molecule has 0 unspecified atom stereocenters. The molecule has 1 aliphatic rings. The second-order valence-corrected chi connectivity index (χ2v) is 5.09.